The molecule has 1 atom stereocenters. The van der Waals surface area contributed by atoms with Crippen LogP contribution in [0.25, 0.3) is 0 Å². The van der Waals surface area contributed by atoms with Crippen molar-refractivity contribution in [2.75, 3.05) is 45.6 Å². The van der Waals surface area contributed by atoms with Gasteiger partial charge in [0.15, 0.2) is 0 Å². The Kier molecular flexibility index (Phi) is 9.35. The van der Waals surface area contributed by atoms with Gasteiger partial charge in [-0.25, -0.2) is 0 Å². The van der Waals surface area contributed by atoms with Crippen molar-refractivity contribution in [1.29, 1.82) is 0 Å². The van der Waals surface area contributed by atoms with Gasteiger partial charge in [-0.3, -0.25) is 4.79 Å². The number of anilines is 1. The number of aliphatic hydroxyl groups is 1. The summed E-state index contributed by atoms with van der Waals surface area (Å²) >= 11 is 18.1. The predicted octanol–water partition coefficient (Wildman–Crippen LogP) is 4.12. The Morgan fingerprint density at radius 3 is 2.61 bits per heavy atom. The molecule has 1 aliphatic rings. The highest BCUT2D eigenvalue weighted by Gasteiger charge is 2.23. The molecule has 2 aromatic rings. The Labute approximate surface area is 208 Å². The van der Waals surface area contributed by atoms with Crippen molar-refractivity contribution in [3.63, 3.8) is 0 Å². The first kappa shape index (κ1) is 25.7. The molecular weight excluding hydrogens is 489 g/mol. The highest BCUT2D eigenvalue weighted by atomic mass is 35.5. The summed E-state index contributed by atoms with van der Waals surface area (Å²) in [5.41, 5.74) is 6.50. The number of nitrogens with one attached hydrogen (secondary N) is 1. The van der Waals surface area contributed by atoms with Gasteiger partial charge in [0.25, 0.3) is 5.91 Å². The Bertz CT molecular complexity index is 968. The molecule has 4 N–H and O–H groups in total. The van der Waals surface area contributed by atoms with Crippen molar-refractivity contribution in [1.82, 2.24) is 10.2 Å². The minimum atomic E-state index is -0.654. The van der Waals surface area contributed by atoms with Gasteiger partial charge in [0.05, 0.1) is 28.4 Å². The topological polar surface area (TPSA) is 97.0 Å². The van der Waals surface area contributed by atoms with Crippen LogP contribution >= 0.6 is 34.8 Å². The van der Waals surface area contributed by atoms with Crippen molar-refractivity contribution in [3.8, 4) is 11.5 Å². The summed E-state index contributed by atoms with van der Waals surface area (Å²) < 4.78 is 10.9. The van der Waals surface area contributed by atoms with E-state index in [0.29, 0.717) is 56.8 Å². The van der Waals surface area contributed by atoms with E-state index in [4.69, 9.17) is 50.0 Å². The third-order valence-electron chi connectivity index (χ3n) is 5.62. The zero-order valence-electron chi connectivity index (χ0n) is 18.3. The number of piperidine rings is 1. The molecule has 10 heteroatoms. The van der Waals surface area contributed by atoms with Crippen LogP contribution in [0.5, 0.6) is 11.5 Å². The molecule has 0 bridgehead atoms. The van der Waals surface area contributed by atoms with E-state index in [1.54, 1.807) is 24.3 Å². The molecule has 7 nitrogen and oxygen atoms in total. The minimum absolute atomic E-state index is 0.127. The molecule has 0 aliphatic carbocycles. The van der Waals surface area contributed by atoms with Gasteiger partial charge >= 0.3 is 0 Å². The second kappa shape index (κ2) is 12.0. The molecule has 1 saturated heterocycles. The van der Waals surface area contributed by atoms with Gasteiger partial charge in [0.1, 0.15) is 24.2 Å². The summed E-state index contributed by atoms with van der Waals surface area (Å²) in [5, 5.41) is 14.6. The Hall–Kier alpha value is -1.90. The summed E-state index contributed by atoms with van der Waals surface area (Å²) in [4.78, 5) is 14.8. The van der Waals surface area contributed by atoms with Gasteiger partial charge in [-0.05, 0) is 50.0 Å². The number of nitrogens with zero attached hydrogens (tertiary/aromatic N) is 1. The van der Waals surface area contributed by atoms with E-state index in [9.17, 15) is 9.90 Å². The zero-order chi connectivity index (χ0) is 24.0. The fourth-order valence-corrected chi connectivity index (χ4v) is 4.24. The highest BCUT2D eigenvalue weighted by Crippen LogP contribution is 2.29. The van der Waals surface area contributed by atoms with Crippen molar-refractivity contribution < 1.29 is 19.4 Å². The summed E-state index contributed by atoms with van der Waals surface area (Å²) in [5.74, 6) is 0.943. The second-order valence-electron chi connectivity index (χ2n) is 8.07. The number of rotatable bonds is 9. The number of nitrogen functional groups attached to an aromatic ring is 1. The first-order valence-corrected chi connectivity index (χ1v) is 11.8. The maximum Gasteiger partial charge on any atom is 0.255 e. The van der Waals surface area contributed by atoms with Gasteiger partial charge in [0.2, 0.25) is 0 Å². The number of aliphatic hydroxyl groups excluding tert-OH is 1. The normalized spacial score (nSPS) is 15.8. The number of nitrogens with two attached hydrogens (primary N) is 1. The first-order chi connectivity index (χ1) is 15.8. The minimum Gasteiger partial charge on any atom is -0.496 e. The number of ether oxygens (including phenoxy) is 2. The van der Waals surface area contributed by atoms with Crippen molar-refractivity contribution >= 4 is 46.4 Å². The maximum absolute atomic E-state index is 12.6. The third kappa shape index (κ3) is 7.29. The smallest absolute Gasteiger partial charge is 0.255 e. The number of β-amino-alcohol motifs (C(OH)–C–C–N with tert-alkyl or cyclic N) is 1. The summed E-state index contributed by atoms with van der Waals surface area (Å²) in [6.07, 6.45) is 1.17. The number of amides is 1. The molecular formula is C23H28Cl3N3O4. The number of carbonyl (C=O) groups is 1. The quantitative estimate of drug-likeness (QED) is 0.434. The average molecular weight is 517 g/mol. The SMILES string of the molecule is COc1cc(N)c(Cl)cc1C(=O)NCC1CCN(CC(O)COc2cc(Cl)ccc2Cl)CC1. The maximum atomic E-state index is 12.6. The molecule has 3 rings (SSSR count). The van der Waals surface area contributed by atoms with Crippen molar-refractivity contribution in [3.05, 3.63) is 51.0 Å². The number of hydrogen-bond donors (Lipinski definition) is 3. The van der Waals surface area contributed by atoms with Crippen molar-refractivity contribution in [2.24, 2.45) is 5.92 Å². The van der Waals surface area contributed by atoms with Crippen LogP contribution < -0.4 is 20.5 Å². The van der Waals surface area contributed by atoms with Crippen LogP contribution in [-0.2, 0) is 0 Å². The lowest BCUT2D eigenvalue weighted by atomic mass is 9.96. The summed E-state index contributed by atoms with van der Waals surface area (Å²) in [6, 6.07) is 8.04. The van der Waals surface area contributed by atoms with Gasteiger partial charge in [-0.2, -0.15) is 0 Å². The highest BCUT2D eigenvalue weighted by molar-refractivity contribution is 6.34. The van der Waals surface area contributed by atoms with E-state index >= 15 is 0 Å². The van der Waals surface area contributed by atoms with Crippen LogP contribution in [0.2, 0.25) is 15.1 Å². The zero-order valence-corrected chi connectivity index (χ0v) is 20.6. The number of carbonyl (C=O) groups excluding carboxylic acids is 1. The molecule has 1 unspecified atom stereocenters. The fourth-order valence-electron chi connectivity index (χ4n) is 3.75. The van der Waals surface area contributed by atoms with Gasteiger partial charge < -0.3 is 30.5 Å². The molecule has 0 aromatic heterocycles. The standard InChI is InChI=1S/C23H28Cl3N3O4/c1-32-21-10-20(27)19(26)9-17(21)23(31)28-11-14-4-6-29(7-5-14)12-16(30)13-33-22-8-15(24)2-3-18(22)25/h2-3,8-10,14,16,30H,4-7,11-13,27H2,1H3,(H,28,31). The molecule has 2 aromatic carbocycles. The average Bonchev–Trinajstić information content (AvgIpc) is 2.80. The summed E-state index contributed by atoms with van der Waals surface area (Å²) in [7, 11) is 1.48. The number of methoxy groups -OCH3 is 1. The van der Waals surface area contributed by atoms with Crippen LogP contribution in [0.3, 0.4) is 0 Å². The lowest BCUT2D eigenvalue weighted by Gasteiger charge is -2.33. The molecule has 1 fully saturated rings. The molecule has 0 radical (unpaired) electrons. The van der Waals surface area contributed by atoms with Crippen LogP contribution in [-0.4, -0.2) is 61.9 Å². The molecule has 1 heterocycles. The van der Waals surface area contributed by atoms with Crippen LogP contribution in [0.4, 0.5) is 5.69 Å². The number of halogens is 3. The largest absolute Gasteiger partial charge is 0.496 e. The lowest BCUT2D eigenvalue weighted by molar-refractivity contribution is 0.0548. The van der Waals surface area contributed by atoms with E-state index in [0.717, 1.165) is 25.9 Å². The van der Waals surface area contributed by atoms with E-state index in [-0.39, 0.29) is 12.5 Å². The van der Waals surface area contributed by atoms with Crippen molar-refractivity contribution in [2.45, 2.75) is 18.9 Å². The molecule has 1 aliphatic heterocycles. The van der Waals surface area contributed by atoms with Gasteiger partial charge in [-0.1, -0.05) is 34.8 Å². The molecule has 33 heavy (non-hydrogen) atoms. The van der Waals surface area contributed by atoms with Crippen LogP contribution in [0.15, 0.2) is 30.3 Å². The van der Waals surface area contributed by atoms with E-state index < -0.39 is 6.10 Å². The number of hydrogen-bond acceptors (Lipinski definition) is 6. The monoisotopic (exact) mass is 515 g/mol. The molecule has 1 amide bonds. The van der Waals surface area contributed by atoms with Gasteiger partial charge in [0, 0.05) is 30.2 Å². The first-order valence-electron chi connectivity index (χ1n) is 10.7. The fraction of sp³-hybridized carbons (Fsp3) is 0.435. The number of likely N-dealkylation sites (tertiary alicyclic amines) is 1. The molecule has 0 saturated carbocycles. The Balaban J connectivity index is 1.40. The second-order valence-corrected chi connectivity index (χ2v) is 9.32. The van der Waals surface area contributed by atoms with Crippen LogP contribution in [0.1, 0.15) is 23.2 Å². The van der Waals surface area contributed by atoms with E-state index in [1.807, 2.05) is 0 Å². The molecule has 180 valence electrons. The summed E-state index contributed by atoms with van der Waals surface area (Å²) in [6.45, 7) is 2.83. The van der Waals surface area contributed by atoms with E-state index in [2.05, 4.69) is 10.2 Å². The number of benzene rings is 2. The Morgan fingerprint density at radius 1 is 1.18 bits per heavy atom. The predicted molar refractivity (Wildman–Crippen MR) is 132 cm³/mol. The van der Waals surface area contributed by atoms with E-state index in [1.165, 1.54) is 13.2 Å². The Morgan fingerprint density at radius 2 is 1.91 bits per heavy atom. The lowest BCUT2D eigenvalue weighted by Crippen LogP contribution is -2.42. The van der Waals surface area contributed by atoms with Gasteiger partial charge in [-0.15, -0.1) is 0 Å². The third-order valence-corrected chi connectivity index (χ3v) is 6.49. The molecule has 0 spiro atoms. The van der Waals surface area contributed by atoms with Crippen LogP contribution in [0, 0.1) is 5.92 Å².